The number of fused-ring (bicyclic) bond motifs is 1. The van der Waals surface area contributed by atoms with Gasteiger partial charge >= 0.3 is 5.97 Å². The van der Waals surface area contributed by atoms with Gasteiger partial charge in [0.1, 0.15) is 5.82 Å². The number of thioether (sulfide) groups is 1. The Labute approximate surface area is 157 Å². The van der Waals surface area contributed by atoms with Crippen molar-refractivity contribution in [1.82, 2.24) is 9.78 Å². The molecule has 4 rings (SSSR count). The molecule has 8 heteroatoms. The Balaban J connectivity index is 1.71. The number of carbonyl (C=O) groups excluding carboxylic acids is 1. The molecule has 3 aromatic rings. The molecular weight excluding hydrogens is 370 g/mol. The molecule has 0 unspecified atom stereocenters. The van der Waals surface area contributed by atoms with Crippen molar-refractivity contribution in [3.63, 3.8) is 0 Å². The molecule has 2 N–H and O–H groups in total. The van der Waals surface area contributed by atoms with Crippen LogP contribution in [0.3, 0.4) is 0 Å². The lowest BCUT2D eigenvalue weighted by Gasteiger charge is -2.14. The third-order valence-electron chi connectivity index (χ3n) is 4.14. The van der Waals surface area contributed by atoms with Crippen LogP contribution in [0.1, 0.15) is 31.6 Å². The Kier molecular flexibility index (Phi) is 4.52. The molecular formula is C18H15N3O3S2. The Morgan fingerprint density at radius 1 is 1.31 bits per heavy atom. The molecule has 0 radical (unpaired) electrons. The summed E-state index contributed by atoms with van der Waals surface area (Å²) in [6.45, 7) is 0.600. The summed E-state index contributed by atoms with van der Waals surface area (Å²) >= 11 is 3.16. The number of benzene rings is 1. The molecule has 1 aliphatic heterocycles. The van der Waals surface area contributed by atoms with Crippen molar-refractivity contribution in [3.8, 4) is 0 Å². The molecule has 0 spiro atoms. The minimum Gasteiger partial charge on any atom is -0.478 e. The lowest BCUT2D eigenvalue weighted by atomic mass is 10.0. The minimum atomic E-state index is -0.952. The predicted octanol–water partition coefficient (Wildman–Crippen LogP) is 3.47. The van der Waals surface area contributed by atoms with E-state index in [0.717, 1.165) is 16.0 Å². The largest absolute Gasteiger partial charge is 0.478 e. The molecule has 0 saturated carbocycles. The molecule has 3 heterocycles. The first-order valence-corrected chi connectivity index (χ1v) is 9.87. The highest BCUT2D eigenvalue weighted by molar-refractivity contribution is 8.00. The number of hydrogen-bond acceptors (Lipinski definition) is 5. The maximum atomic E-state index is 12.2. The molecule has 0 fully saturated rings. The van der Waals surface area contributed by atoms with Crippen molar-refractivity contribution >= 4 is 40.8 Å². The molecule has 132 valence electrons. The van der Waals surface area contributed by atoms with Crippen molar-refractivity contribution in [1.29, 1.82) is 0 Å². The number of carboxylic acids is 1. The summed E-state index contributed by atoms with van der Waals surface area (Å²) in [4.78, 5) is 24.4. The molecule has 2 aromatic heterocycles. The number of nitrogens with one attached hydrogen (secondary N) is 1. The fourth-order valence-corrected chi connectivity index (χ4v) is 4.67. The molecule has 1 amide bonds. The first kappa shape index (κ1) is 16.9. The van der Waals surface area contributed by atoms with E-state index < -0.39 is 5.97 Å². The van der Waals surface area contributed by atoms with Crippen LogP contribution in [0.15, 0.2) is 48.0 Å². The molecule has 0 bridgehead atoms. The van der Waals surface area contributed by atoms with Crippen molar-refractivity contribution < 1.29 is 14.7 Å². The lowest BCUT2D eigenvalue weighted by molar-refractivity contribution is -0.113. The first-order chi connectivity index (χ1) is 12.6. The number of aromatic nitrogens is 2. The van der Waals surface area contributed by atoms with E-state index >= 15 is 0 Å². The van der Waals surface area contributed by atoms with Crippen LogP contribution >= 0.6 is 23.1 Å². The zero-order valence-corrected chi connectivity index (χ0v) is 15.2. The van der Waals surface area contributed by atoms with Gasteiger partial charge in [0.05, 0.1) is 29.3 Å². The summed E-state index contributed by atoms with van der Waals surface area (Å²) in [5, 5.41) is 18.4. The van der Waals surface area contributed by atoms with Gasteiger partial charge in [-0.1, -0.05) is 18.2 Å². The van der Waals surface area contributed by atoms with E-state index in [4.69, 9.17) is 5.11 Å². The number of amides is 1. The van der Waals surface area contributed by atoms with Crippen LogP contribution < -0.4 is 5.32 Å². The van der Waals surface area contributed by atoms with Crippen molar-refractivity contribution in [2.24, 2.45) is 0 Å². The van der Waals surface area contributed by atoms with Crippen LogP contribution in [0.2, 0.25) is 0 Å². The second-order valence-electron chi connectivity index (χ2n) is 5.85. The van der Waals surface area contributed by atoms with Gasteiger partial charge < -0.3 is 10.4 Å². The summed E-state index contributed by atoms with van der Waals surface area (Å²) in [6, 6.07) is 10.8. The van der Waals surface area contributed by atoms with Gasteiger partial charge in [-0.05, 0) is 29.1 Å². The predicted molar refractivity (Wildman–Crippen MR) is 102 cm³/mol. The molecule has 6 nitrogen and oxygen atoms in total. The van der Waals surface area contributed by atoms with E-state index in [2.05, 4.69) is 10.4 Å². The number of anilines is 1. The Morgan fingerprint density at radius 2 is 2.12 bits per heavy atom. The number of rotatable bonds is 4. The number of thiophene rings is 1. The standard InChI is InChI=1S/C18H15N3O3S2/c22-15-10-26-16(11-3-5-12(6-4-11)18(23)24)14-8-19-21(17(14)20-15)9-13-2-1-7-25-13/h1-8,16H,9-10H2,(H,20,22)(H,23,24)/t16-/m0/s1. The summed E-state index contributed by atoms with van der Waals surface area (Å²) in [5.74, 6) is 0.0277. The van der Waals surface area contributed by atoms with Crippen LogP contribution in [0.25, 0.3) is 0 Å². The highest BCUT2D eigenvalue weighted by atomic mass is 32.2. The van der Waals surface area contributed by atoms with Crippen LogP contribution in [0.5, 0.6) is 0 Å². The van der Waals surface area contributed by atoms with Gasteiger partial charge in [-0.3, -0.25) is 4.79 Å². The second-order valence-corrected chi connectivity index (χ2v) is 7.98. The number of carboxylic acid groups (broad SMARTS) is 1. The monoisotopic (exact) mass is 385 g/mol. The van der Waals surface area contributed by atoms with Crippen LogP contribution in [-0.4, -0.2) is 32.5 Å². The van der Waals surface area contributed by atoms with E-state index in [0.29, 0.717) is 18.1 Å². The number of carbonyl (C=O) groups is 2. The Morgan fingerprint density at radius 3 is 2.81 bits per heavy atom. The Bertz CT molecular complexity index is 949. The van der Waals surface area contributed by atoms with Crippen LogP contribution in [-0.2, 0) is 11.3 Å². The number of nitrogens with zero attached hydrogens (tertiary/aromatic N) is 2. The van der Waals surface area contributed by atoms with Crippen molar-refractivity contribution in [2.45, 2.75) is 11.8 Å². The highest BCUT2D eigenvalue weighted by Gasteiger charge is 2.27. The zero-order valence-electron chi connectivity index (χ0n) is 13.6. The third kappa shape index (κ3) is 3.25. The fourth-order valence-electron chi connectivity index (χ4n) is 2.89. The van der Waals surface area contributed by atoms with Gasteiger partial charge in [-0.15, -0.1) is 23.1 Å². The van der Waals surface area contributed by atoms with E-state index in [1.807, 2.05) is 22.2 Å². The first-order valence-electron chi connectivity index (χ1n) is 7.94. The molecule has 1 atom stereocenters. The molecule has 1 aromatic carbocycles. The lowest BCUT2D eigenvalue weighted by Crippen LogP contribution is -2.16. The van der Waals surface area contributed by atoms with Gasteiger partial charge in [-0.25, -0.2) is 9.48 Å². The average Bonchev–Trinajstić information content (AvgIpc) is 3.24. The summed E-state index contributed by atoms with van der Waals surface area (Å²) in [5.41, 5.74) is 2.13. The van der Waals surface area contributed by atoms with Gasteiger partial charge in [0.15, 0.2) is 0 Å². The molecule has 0 saturated heterocycles. The second kappa shape index (κ2) is 6.97. The Hall–Kier alpha value is -2.58. The molecule has 26 heavy (non-hydrogen) atoms. The van der Waals surface area contributed by atoms with Gasteiger partial charge in [0, 0.05) is 10.4 Å². The highest BCUT2D eigenvalue weighted by Crippen LogP contribution is 2.41. The van der Waals surface area contributed by atoms with Gasteiger partial charge in [0.25, 0.3) is 0 Å². The summed E-state index contributed by atoms with van der Waals surface area (Å²) < 4.78 is 1.81. The van der Waals surface area contributed by atoms with Crippen molar-refractivity contribution in [3.05, 3.63) is 69.5 Å². The SMILES string of the molecule is O=C1CS[C@@H](c2ccc(C(=O)O)cc2)c2cnn(Cc3cccs3)c2N1. The normalized spacial score (nSPS) is 16.6. The number of hydrogen-bond donors (Lipinski definition) is 2. The molecule has 0 aliphatic carbocycles. The average molecular weight is 385 g/mol. The van der Waals surface area contributed by atoms with Crippen LogP contribution in [0, 0.1) is 0 Å². The van der Waals surface area contributed by atoms with Gasteiger partial charge in [-0.2, -0.15) is 5.10 Å². The van der Waals surface area contributed by atoms with E-state index in [-0.39, 0.29) is 16.7 Å². The topological polar surface area (TPSA) is 84.2 Å². The maximum absolute atomic E-state index is 12.2. The van der Waals surface area contributed by atoms with E-state index in [1.165, 1.54) is 11.8 Å². The van der Waals surface area contributed by atoms with Gasteiger partial charge in [0.2, 0.25) is 5.91 Å². The zero-order chi connectivity index (χ0) is 18.1. The summed E-state index contributed by atoms with van der Waals surface area (Å²) in [7, 11) is 0. The molecule has 1 aliphatic rings. The van der Waals surface area contributed by atoms with Crippen molar-refractivity contribution in [2.75, 3.05) is 11.1 Å². The summed E-state index contributed by atoms with van der Waals surface area (Å²) in [6.07, 6.45) is 1.79. The van der Waals surface area contributed by atoms with E-state index in [1.54, 1.807) is 41.8 Å². The maximum Gasteiger partial charge on any atom is 0.335 e. The minimum absolute atomic E-state index is 0.0613. The third-order valence-corrected chi connectivity index (χ3v) is 6.28. The van der Waals surface area contributed by atoms with Crippen LogP contribution in [0.4, 0.5) is 5.82 Å². The smallest absolute Gasteiger partial charge is 0.335 e. The van der Waals surface area contributed by atoms with E-state index in [9.17, 15) is 9.59 Å². The quantitative estimate of drug-likeness (QED) is 0.718. The number of aromatic carboxylic acids is 1. The fraction of sp³-hybridized carbons (Fsp3) is 0.167.